The summed E-state index contributed by atoms with van der Waals surface area (Å²) in [5.74, 6) is -0.0332. The van der Waals surface area contributed by atoms with Crippen molar-refractivity contribution < 1.29 is 9.90 Å². The Morgan fingerprint density at radius 1 is 1.00 bits per heavy atom. The number of benzene rings is 2. The van der Waals surface area contributed by atoms with Gasteiger partial charge in [-0.2, -0.15) is 0 Å². The first-order chi connectivity index (χ1) is 12.6. The quantitative estimate of drug-likeness (QED) is 0.748. The van der Waals surface area contributed by atoms with Crippen LogP contribution in [0.1, 0.15) is 36.7 Å². The molecule has 1 N–H and O–H groups in total. The average Bonchev–Trinajstić information content (AvgIpc) is 2.66. The Balaban J connectivity index is 2.07. The molecule has 1 amide bonds. The first-order valence-electron chi connectivity index (χ1n) is 9.37. The molecule has 0 radical (unpaired) electrons. The van der Waals surface area contributed by atoms with E-state index in [2.05, 4.69) is 37.8 Å². The fourth-order valence-corrected chi connectivity index (χ4v) is 3.17. The summed E-state index contributed by atoms with van der Waals surface area (Å²) in [6.45, 7) is 8.29. The highest BCUT2D eigenvalue weighted by Crippen LogP contribution is 2.18. The topological polar surface area (TPSA) is 43.8 Å². The Bertz CT molecular complexity index is 668. The van der Waals surface area contributed by atoms with Gasteiger partial charge in [0.05, 0.1) is 6.61 Å². The molecule has 0 aromatic heterocycles. The van der Waals surface area contributed by atoms with Gasteiger partial charge in [0.25, 0.3) is 5.91 Å². The number of carbonyl (C=O) groups is 1. The zero-order chi connectivity index (χ0) is 18.9. The van der Waals surface area contributed by atoms with Gasteiger partial charge in [-0.15, -0.1) is 0 Å². The molecule has 0 aliphatic carbocycles. The van der Waals surface area contributed by atoms with Gasteiger partial charge in [-0.3, -0.25) is 4.79 Å². The van der Waals surface area contributed by atoms with Crippen LogP contribution in [0.4, 0.5) is 5.69 Å². The van der Waals surface area contributed by atoms with Crippen LogP contribution in [0.15, 0.2) is 54.6 Å². The standard InChI is InChI=1S/C22H30N2O2/c1-4-24(18(2)3)21-12-10-20(11-13-21)22(26)23(16-17-25)15-14-19-8-6-5-7-9-19/h5-13,18,25H,4,14-17H2,1-3H3. The minimum absolute atomic E-state index is 0.0322. The zero-order valence-electron chi connectivity index (χ0n) is 16.1. The second kappa shape index (κ2) is 9.97. The van der Waals surface area contributed by atoms with E-state index in [0.29, 0.717) is 24.7 Å². The van der Waals surface area contributed by atoms with Gasteiger partial charge < -0.3 is 14.9 Å². The Labute approximate surface area is 157 Å². The van der Waals surface area contributed by atoms with E-state index >= 15 is 0 Å². The highest BCUT2D eigenvalue weighted by Gasteiger charge is 2.16. The summed E-state index contributed by atoms with van der Waals surface area (Å²) in [4.78, 5) is 16.9. The Kier molecular flexibility index (Phi) is 7.67. The number of carbonyl (C=O) groups excluding carboxylic acids is 1. The molecule has 0 heterocycles. The zero-order valence-corrected chi connectivity index (χ0v) is 16.1. The number of amides is 1. The van der Waals surface area contributed by atoms with Crippen LogP contribution in [-0.2, 0) is 6.42 Å². The van der Waals surface area contributed by atoms with Crippen molar-refractivity contribution in [1.29, 1.82) is 0 Å². The van der Waals surface area contributed by atoms with Gasteiger partial charge in [-0.25, -0.2) is 0 Å². The van der Waals surface area contributed by atoms with Gasteiger partial charge in [-0.1, -0.05) is 30.3 Å². The van der Waals surface area contributed by atoms with E-state index in [4.69, 9.17) is 0 Å². The van der Waals surface area contributed by atoms with E-state index in [0.717, 1.165) is 18.7 Å². The lowest BCUT2D eigenvalue weighted by Gasteiger charge is -2.28. The molecule has 0 spiro atoms. The van der Waals surface area contributed by atoms with Crippen molar-refractivity contribution in [2.24, 2.45) is 0 Å². The van der Waals surface area contributed by atoms with Crippen molar-refractivity contribution in [2.45, 2.75) is 33.2 Å². The molecule has 0 aliphatic rings. The summed E-state index contributed by atoms with van der Waals surface area (Å²) in [7, 11) is 0. The van der Waals surface area contributed by atoms with Crippen molar-refractivity contribution in [3.05, 3.63) is 65.7 Å². The molecule has 26 heavy (non-hydrogen) atoms. The van der Waals surface area contributed by atoms with Crippen molar-refractivity contribution >= 4 is 11.6 Å². The number of aliphatic hydroxyl groups is 1. The molecule has 4 nitrogen and oxygen atoms in total. The molecular formula is C22H30N2O2. The molecule has 2 aromatic carbocycles. The lowest BCUT2D eigenvalue weighted by Crippen LogP contribution is -2.35. The molecule has 2 aromatic rings. The molecule has 0 saturated carbocycles. The summed E-state index contributed by atoms with van der Waals surface area (Å²) < 4.78 is 0. The number of hydrogen-bond donors (Lipinski definition) is 1. The molecule has 0 bridgehead atoms. The normalized spacial score (nSPS) is 10.8. The number of anilines is 1. The van der Waals surface area contributed by atoms with E-state index in [1.807, 2.05) is 42.5 Å². The molecule has 2 rings (SSSR count). The minimum Gasteiger partial charge on any atom is -0.395 e. The van der Waals surface area contributed by atoms with Crippen molar-refractivity contribution in [2.75, 3.05) is 31.1 Å². The molecule has 0 fully saturated rings. The van der Waals surface area contributed by atoms with Gasteiger partial charge in [-0.05, 0) is 57.0 Å². The summed E-state index contributed by atoms with van der Waals surface area (Å²) in [5, 5.41) is 9.34. The molecule has 0 aliphatic heterocycles. The number of aliphatic hydroxyl groups excluding tert-OH is 1. The predicted molar refractivity (Wildman–Crippen MR) is 108 cm³/mol. The summed E-state index contributed by atoms with van der Waals surface area (Å²) in [6, 6.07) is 18.3. The van der Waals surface area contributed by atoms with Gasteiger partial charge in [0, 0.05) is 36.9 Å². The van der Waals surface area contributed by atoms with Crippen molar-refractivity contribution in [3.8, 4) is 0 Å². The van der Waals surface area contributed by atoms with Gasteiger partial charge in [0.2, 0.25) is 0 Å². The van der Waals surface area contributed by atoms with E-state index < -0.39 is 0 Å². The number of rotatable bonds is 9. The van der Waals surface area contributed by atoms with Gasteiger partial charge in [0.1, 0.15) is 0 Å². The summed E-state index contributed by atoms with van der Waals surface area (Å²) in [5.41, 5.74) is 2.97. The van der Waals surface area contributed by atoms with Gasteiger partial charge in [0.15, 0.2) is 0 Å². The molecular weight excluding hydrogens is 324 g/mol. The van der Waals surface area contributed by atoms with Crippen LogP contribution < -0.4 is 4.90 Å². The second-order valence-electron chi connectivity index (χ2n) is 6.68. The van der Waals surface area contributed by atoms with Crippen LogP contribution in [0.5, 0.6) is 0 Å². The maximum Gasteiger partial charge on any atom is 0.253 e. The van der Waals surface area contributed by atoms with Crippen LogP contribution in [0.2, 0.25) is 0 Å². The highest BCUT2D eigenvalue weighted by molar-refractivity contribution is 5.94. The maximum atomic E-state index is 12.8. The summed E-state index contributed by atoms with van der Waals surface area (Å²) in [6.07, 6.45) is 0.779. The predicted octanol–water partition coefficient (Wildman–Crippen LogP) is 3.60. The molecule has 0 unspecified atom stereocenters. The lowest BCUT2D eigenvalue weighted by molar-refractivity contribution is 0.0724. The molecule has 140 valence electrons. The fourth-order valence-electron chi connectivity index (χ4n) is 3.17. The smallest absolute Gasteiger partial charge is 0.253 e. The van der Waals surface area contributed by atoms with Crippen molar-refractivity contribution in [1.82, 2.24) is 4.90 Å². The third kappa shape index (κ3) is 5.33. The van der Waals surface area contributed by atoms with Crippen LogP contribution in [0.3, 0.4) is 0 Å². The van der Waals surface area contributed by atoms with Crippen LogP contribution in [-0.4, -0.2) is 48.2 Å². The minimum atomic E-state index is -0.0332. The fraction of sp³-hybridized carbons (Fsp3) is 0.409. The van der Waals surface area contributed by atoms with Crippen LogP contribution >= 0.6 is 0 Å². The number of hydrogen-bond acceptors (Lipinski definition) is 3. The monoisotopic (exact) mass is 354 g/mol. The van der Waals surface area contributed by atoms with Gasteiger partial charge >= 0.3 is 0 Å². The second-order valence-corrected chi connectivity index (χ2v) is 6.68. The molecule has 0 atom stereocenters. The largest absolute Gasteiger partial charge is 0.395 e. The maximum absolute atomic E-state index is 12.8. The molecule has 0 saturated heterocycles. The Morgan fingerprint density at radius 2 is 1.65 bits per heavy atom. The first kappa shape index (κ1) is 20.0. The lowest BCUT2D eigenvalue weighted by atomic mass is 10.1. The first-order valence-corrected chi connectivity index (χ1v) is 9.37. The van der Waals surface area contributed by atoms with Crippen LogP contribution in [0, 0.1) is 0 Å². The molecule has 4 heteroatoms. The van der Waals surface area contributed by atoms with Crippen molar-refractivity contribution in [3.63, 3.8) is 0 Å². The Hall–Kier alpha value is -2.33. The third-order valence-corrected chi connectivity index (χ3v) is 4.58. The van der Waals surface area contributed by atoms with E-state index in [1.165, 1.54) is 5.56 Å². The third-order valence-electron chi connectivity index (χ3n) is 4.58. The average molecular weight is 354 g/mol. The number of nitrogens with zero attached hydrogens (tertiary/aromatic N) is 2. The highest BCUT2D eigenvalue weighted by atomic mass is 16.3. The summed E-state index contributed by atoms with van der Waals surface area (Å²) >= 11 is 0. The van der Waals surface area contributed by atoms with E-state index in [1.54, 1.807) is 4.90 Å². The van der Waals surface area contributed by atoms with E-state index in [-0.39, 0.29) is 12.5 Å². The Morgan fingerprint density at radius 3 is 2.19 bits per heavy atom. The van der Waals surface area contributed by atoms with Crippen LogP contribution in [0.25, 0.3) is 0 Å². The van der Waals surface area contributed by atoms with E-state index in [9.17, 15) is 9.90 Å². The SMILES string of the molecule is CCN(c1ccc(C(=O)N(CCO)CCc2ccccc2)cc1)C(C)C.